The van der Waals surface area contributed by atoms with Crippen molar-refractivity contribution in [3.8, 4) is 0 Å². The predicted molar refractivity (Wildman–Crippen MR) is 203 cm³/mol. The molecular formula is C40H45LiN8O4. The number of carbonyl (C=O) groups excluding carboxylic acids is 3. The molecule has 0 aliphatic heterocycles. The molecule has 2 aromatic carbocycles. The summed E-state index contributed by atoms with van der Waals surface area (Å²) in [5.74, 6) is 0.0987. The number of hydrogen-bond donors (Lipinski definition) is 1. The summed E-state index contributed by atoms with van der Waals surface area (Å²) in [5.41, 5.74) is 3.85. The molecule has 4 heterocycles. The Hall–Kier alpha value is -5.67. The molecule has 6 aromatic rings. The quantitative estimate of drug-likeness (QED) is 0.144. The Labute approximate surface area is 323 Å². The molecule has 0 saturated carbocycles. The van der Waals surface area contributed by atoms with Crippen LogP contribution in [0.1, 0.15) is 68.6 Å². The number of aromatic nitrogens is 6. The van der Waals surface area contributed by atoms with Gasteiger partial charge in [-0.25, -0.2) is 9.97 Å². The van der Waals surface area contributed by atoms with E-state index in [4.69, 9.17) is 0 Å². The molecule has 53 heavy (non-hydrogen) atoms. The van der Waals surface area contributed by atoms with Crippen molar-refractivity contribution in [3.05, 3.63) is 164 Å². The summed E-state index contributed by atoms with van der Waals surface area (Å²) < 4.78 is 3.31. The number of pyridine rings is 2. The Morgan fingerprint density at radius 3 is 1.70 bits per heavy atom. The molecule has 1 atom stereocenters. The van der Waals surface area contributed by atoms with E-state index in [1.54, 1.807) is 110 Å². The summed E-state index contributed by atoms with van der Waals surface area (Å²) in [4.78, 5) is 54.0. The summed E-state index contributed by atoms with van der Waals surface area (Å²) in [6.07, 6.45) is 13.5. The molecule has 0 fully saturated rings. The first kappa shape index (κ1) is 43.5. The SMILES string of the molecule is CN(C(=O)c1cnc(C(O)c2ccccc2)n1C)c1cccnc1.CN(C(=O)c1cncn1C)c1cccnc1.O=Cc1ccccc1.[CH2-]CCC.[Li+]. The number of aryl methyl sites for hydroxylation is 1. The van der Waals surface area contributed by atoms with Crippen LogP contribution in [0.5, 0.6) is 0 Å². The van der Waals surface area contributed by atoms with Gasteiger partial charge in [-0.1, -0.05) is 74.0 Å². The number of benzene rings is 2. The smallest absolute Gasteiger partial charge is 0.380 e. The van der Waals surface area contributed by atoms with Crippen molar-refractivity contribution in [2.24, 2.45) is 14.1 Å². The second kappa shape index (κ2) is 23.0. The minimum Gasteiger partial charge on any atom is -0.380 e. The van der Waals surface area contributed by atoms with E-state index in [-0.39, 0.29) is 30.7 Å². The molecule has 0 aliphatic rings. The first-order valence-corrected chi connectivity index (χ1v) is 16.5. The van der Waals surface area contributed by atoms with Crippen LogP contribution in [-0.4, -0.2) is 66.4 Å². The molecule has 0 aliphatic carbocycles. The first-order valence-electron chi connectivity index (χ1n) is 16.5. The second-order valence-corrected chi connectivity index (χ2v) is 11.3. The van der Waals surface area contributed by atoms with Crippen molar-refractivity contribution in [1.29, 1.82) is 0 Å². The Morgan fingerprint density at radius 2 is 1.28 bits per heavy atom. The third-order valence-electron chi connectivity index (χ3n) is 7.60. The summed E-state index contributed by atoms with van der Waals surface area (Å²) in [6.45, 7) is 5.72. The van der Waals surface area contributed by atoms with Crippen LogP contribution in [0.3, 0.4) is 0 Å². The number of imidazole rings is 2. The number of aldehydes is 1. The first-order chi connectivity index (χ1) is 25.1. The zero-order valence-corrected chi connectivity index (χ0v) is 31.2. The number of hydrogen-bond acceptors (Lipinski definition) is 8. The van der Waals surface area contributed by atoms with Gasteiger partial charge in [-0.2, -0.15) is 6.42 Å². The van der Waals surface area contributed by atoms with Crippen LogP contribution in [0, 0.1) is 6.92 Å². The number of rotatable bonds is 8. The molecule has 0 radical (unpaired) electrons. The molecule has 0 spiro atoms. The van der Waals surface area contributed by atoms with E-state index in [9.17, 15) is 19.5 Å². The molecular weight excluding hydrogens is 663 g/mol. The normalized spacial score (nSPS) is 10.3. The van der Waals surface area contributed by atoms with E-state index in [0.717, 1.165) is 29.5 Å². The van der Waals surface area contributed by atoms with Crippen molar-refractivity contribution < 1.29 is 38.4 Å². The van der Waals surface area contributed by atoms with Crippen LogP contribution in [0.25, 0.3) is 0 Å². The van der Waals surface area contributed by atoms with Crippen molar-refractivity contribution in [2.45, 2.75) is 25.9 Å². The number of aliphatic hydroxyl groups is 1. The Bertz CT molecular complexity index is 1940. The van der Waals surface area contributed by atoms with Gasteiger partial charge in [0.2, 0.25) is 0 Å². The number of carbonyl (C=O) groups is 3. The topological polar surface area (TPSA) is 139 Å². The Morgan fingerprint density at radius 1 is 0.774 bits per heavy atom. The van der Waals surface area contributed by atoms with Gasteiger partial charge in [-0.3, -0.25) is 24.4 Å². The van der Waals surface area contributed by atoms with Crippen LogP contribution in [-0.2, 0) is 14.1 Å². The largest absolute Gasteiger partial charge is 1.00 e. The van der Waals surface area contributed by atoms with Crippen molar-refractivity contribution in [3.63, 3.8) is 0 Å². The fraction of sp³-hybridized carbons (Fsp3) is 0.200. The summed E-state index contributed by atoms with van der Waals surface area (Å²) in [5, 5.41) is 10.5. The van der Waals surface area contributed by atoms with Gasteiger partial charge in [0, 0.05) is 46.1 Å². The summed E-state index contributed by atoms with van der Waals surface area (Å²) in [6, 6.07) is 25.5. The monoisotopic (exact) mass is 708 g/mol. The van der Waals surface area contributed by atoms with E-state index in [0.29, 0.717) is 22.9 Å². The second-order valence-electron chi connectivity index (χ2n) is 11.3. The van der Waals surface area contributed by atoms with Gasteiger partial charge >= 0.3 is 18.9 Å². The maximum absolute atomic E-state index is 12.7. The van der Waals surface area contributed by atoms with Crippen molar-refractivity contribution >= 4 is 29.5 Å². The molecule has 6 rings (SSSR count). The van der Waals surface area contributed by atoms with Crippen LogP contribution < -0.4 is 28.7 Å². The predicted octanol–water partition coefficient (Wildman–Crippen LogP) is 3.39. The Kier molecular flexibility index (Phi) is 18.9. The molecule has 2 amide bonds. The van der Waals surface area contributed by atoms with Gasteiger partial charge in [-0.15, -0.1) is 0 Å². The minimum atomic E-state index is -0.888. The maximum atomic E-state index is 12.7. The maximum Gasteiger partial charge on any atom is 1.00 e. The number of aliphatic hydroxyl groups excluding tert-OH is 1. The van der Waals surface area contributed by atoms with Gasteiger partial charge in [0.1, 0.15) is 29.6 Å². The standard InChI is InChI=1S/C18H18N4O2.C11H12N4O.C7H6O.C4H9.Li/c1-21(14-9-6-10-19-11-14)18(24)15-12-20-17(22(15)2)16(23)13-7-4-3-5-8-13;1-14-8-13-7-10(14)11(16)15(2)9-4-3-5-12-6-9;8-6-7-4-2-1-3-5-7;1-3-4-2;/h3-12,16,23H,1-2H3;3-8H,1-2H3;1-6H;1,3-4H2,2H3;/q;;;-1;+1. The number of nitrogens with zero attached hydrogens (tertiary/aromatic N) is 8. The van der Waals surface area contributed by atoms with Gasteiger partial charge in [0.05, 0.1) is 42.5 Å². The van der Waals surface area contributed by atoms with Gasteiger partial charge in [0.15, 0.2) is 0 Å². The third-order valence-corrected chi connectivity index (χ3v) is 7.60. The van der Waals surface area contributed by atoms with Gasteiger partial charge in [0.25, 0.3) is 11.8 Å². The van der Waals surface area contributed by atoms with Gasteiger partial charge < -0.3 is 31.0 Å². The van der Waals surface area contributed by atoms with E-state index < -0.39 is 6.10 Å². The molecule has 12 nitrogen and oxygen atoms in total. The molecule has 270 valence electrons. The van der Waals surface area contributed by atoms with E-state index in [2.05, 4.69) is 33.8 Å². The zero-order valence-electron chi connectivity index (χ0n) is 31.2. The average Bonchev–Trinajstić information content (AvgIpc) is 3.83. The molecule has 0 saturated heterocycles. The average molecular weight is 709 g/mol. The molecule has 13 heteroatoms. The van der Waals surface area contributed by atoms with Crippen molar-refractivity contribution in [2.75, 3.05) is 23.9 Å². The molecule has 1 unspecified atom stereocenters. The molecule has 1 N–H and O–H groups in total. The fourth-order valence-corrected chi connectivity index (χ4v) is 4.44. The fourth-order valence-electron chi connectivity index (χ4n) is 4.44. The minimum absolute atomic E-state index is 0. The van der Waals surface area contributed by atoms with Crippen LogP contribution in [0.15, 0.2) is 128 Å². The van der Waals surface area contributed by atoms with Crippen LogP contribution in [0.4, 0.5) is 11.4 Å². The van der Waals surface area contributed by atoms with E-state index in [1.807, 2.05) is 54.6 Å². The van der Waals surface area contributed by atoms with Gasteiger partial charge in [-0.05, 0) is 29.8 Å². The third kappa shape index (κ3) is 12.8. The number of anilines is 2. The van der Waals surface area contributed by atoms with Crippen molar-refractivity contribution in [1.82, 2.24) is 29.1 Å². The number of unbranched alkanes of at least 4 members (excludes halogenated alkanes) is 1. The zero-order chi connectivity index (χ0) is 37.9. The molecule has 4 aromatic heterocycles. The number of amides is 2. The summed E-state index contributed by atoms with van der Waals surface area (Å²) in [7, 11) is 6.90. The van der Waals surface area contributed by atoms with E-state index in [1.165, 1.54) is 17.5 Å². The summed E-state index contributed by atoms with van der Waals surface area (Å²) >= 11 is 0. The Balaban J connectivity index is 0.000000287. The molecule has 0 bridgehead atoms. The van der Waals surface area contributed by atoms with E-state index >= 15 is 0 Å². The van der Waals surface area contributed by atoms with Crippen LogP contribution >= 0.6 is 0 Å². The van der Waals surface area contributed by atoms with Crippen LogP contribution in [0.2, 0.25) is 0 Å².